The molecule has 0 unspecified atom stereocenters. The number of aromatic nitrogens is 2. The van der Waals surface area contributed by atoms with Crippen molar-refractivity contribution < 1.29 is 4.39 Å². The van der Waals surface area contributed by atoms with E-state index in [1.807, 2.05) is 0 Å². The fourth-order valence-corrected chi connectivity index (χ4v) is 2.36. The van der Waals surface area contributed by atoms with Crippen LogP contribution < -0.4 is 0 Å². The second-order valence-corrected chi connectivity index (χ2v) is 4.54. The Morgan fingerprint density at radius 2 is 2.05 bits per heavy atom. The highest BCUT2D eigenvalue weighted by Crippen LogP contribution is 2.32. The number of rotatable bonds is 1. The van der Waals surface area contributed by atoms with E-state index in [-0.39, 0.29) is 11.1 Å². The molecule has 3 rings (SSSR count). The summed E-state index contributed by atoms with van der Waals surface area (Å²) in [6.07, 6.45) is 2.05. The lowest BCUT2D eigenvalue weighted by molar-refractivity contribution is 0.415. The number of fused-ring (bicyclic) bond motifs is 1. The summed E-state index contributed by atoms with van der Waals surface area (Å²) < 4.78 is 13.9. The summed E-state index contributed by atoms with van der Waals surface area (Å²) in [5.41, 5.74) is 2.28. The van der Waals surface area contributed by atoms with Gasteiger partial charge in [0.25, 0.3) is 0 Å². The van der Waals surface area contributed by atoms with E-state index in [9.17, 15) is 4.39 Å². The van der Waals surface area contributed by atoms with Crippen LogP contribution in [0, 0.1) is 17.3 Å². The first-order chi connectivity index (χ1) is 9.19. The van der Waals surface area contributed by atoms with Crippen molar-refractivity contribution in [3.8, 4) is 17.5 Å². The number of hydrogen-bond donors (Lipinski definition) is 0. The van der Waals surface area contributed by atoms with Crippen molar-refractivity contribution >= 4 is 11.6 Å². The molecule has 2 heterocycles. The number of nitriles is 1. The summed E-state index contributed by atoms with van der Waals surface area (Å²) in [5, 5.41) is 9.01. The van der Waals surface area contributed by atoms with E-state index in [0.717, 1.165) is 5.56 Å². The van der Waals surface area contributed by atoms with Gasteiger partial charge < -0.3 is 4.90 Å². The van der Waals surface area contributed by atoms with Crippen molar-refractivity contribution in [2.75, 3.05) is 0 Å². The van der Waals surface area contributed by atoms with Crippen LogP contribution in [-0.4, -0.2) is 14.9 Å². The topological polar surface area (TPSA) is 52.8 Å². The van der Waals surface area contributed by atoms with Gasteiger partial charge in [-0.25, -0.2) is 14.4 Å². The van der Waals surface area contributed by atoms with Gasteiger partial charge in [-0.2, -0.15) is 5.26 Å². The maximum absolute atomic E-state index is 13.9. The molecule has 0 bridgehead atoms. The van der Waals surface area contributed by atoms with Gasteiger partial charge in [0.1, 0.15) is 5.82 Å². The van der Waals surface area contributed by atoms with Gasteiger partial charge in [0, 0.05) is 11.1 Å². The monoisotopic (exact) mass is 274 g/mol. The van der Waals surface area contributed by atoms with Crippen LogP contribution in [0.5, 0.6) is 0 Å². The van der Waals surface area contributed by atoms with Crippen molar-refractivity contribution in [1.82, 2.24) is 14.9 Å². The second kappa shape index (κ2) is 4.48. The van der Waals surface area contributed by atoms with Gasteiger partial charge in [-0.05, 0) is 23.7 Å². The Bertz CT molecular complexity index is 696. The minimum Gasteiger partial charge on any atom is -0.300 e. The Labute approximate surface area is 114 Å². The molecule has 0 saturated carbocycles. The third-order valence-corrected chi connectivity index (χ3v) is 3.19. The summed E-state index contributed by atoms with van der Waals surface area (Å²) in [5.74, 6) is -0.366. The maximum atomic E-state index is 13.9. The van der Waals surface area contributed by atoms with Crippen LogP contribution in [-0.2, 0) is 13.1 Å². The van der Waals surface area contributed by atoms with E-state index in [4.69, 9.17) is 16.9 Å². The van der Waals surface area contributed by atoms with E-state index in [1.165, 1.54) is 11.0 Å². The summed E-state index contributed by atoms with van der Waals surface area (Å²) in [7, 11) is 0. The van der Waals surface area contributed by atoms with E-state index in [2.05, 4.69) is 16.2 Å². The molecule has 1 aliphatic rings. The lowest BCUT2D eigenvalue weighted by atomic mass is 10.1. The van der Waals surface area contributed by atoms with Gasteiger partial charge in [0.2, 0.25) is 5.28 Å². The van der Waals surface area contributed by atoms with Crippen LogP contribution in [0.15, 0.2) is 24.3 Å². The zero-order valence-electron chi connectivity index (χ0n) is 9.77. The zero-order chi connectivity index (χ0) is 13.4. The van der Waals surface area contributed by atoms with Crippen LogP contribution in [0.2, 0.25) is 5.28 Å². The minimum absolute atomic E-state index is 0.0665. The highest BCUT2D eigenvalue weighted by atomic mass is 35.5. The smallest absolute Gasteiger partial charge is 0.223 e. The predicted molar refractivity (Wildman–Crippen MR) is 67.3 cm³/mol. The number of benzene rings is 1. The first kappa shape index (κ1) is 11.9. The van der Waals surface area contributed by atoms with E-state index in [0.29, 0.717) is 30.0 Å². The van der Waals surface area contributed by atoms with Crippen molar-refractivity contribution in [2.24, 2.45) is 0 Å². The lowest BCUT2D eigenvalue weighted by Crippen LogP contribution is -2.07. The molecule has 0 N–H and O–H groups in total. The molecule has 0 fully saturated rings. The summed E-state index contributed by atoms with van der Waals surface area (Å²) in [6.45, 7) is 0.766. The summed E-state index contributed by atoms with van der Waals surface area (Å²) >= 11 is 5.88. The van der Waals surface area contributed by atoms with Gasteiger partial charge in [-0.1, -0.05) is 12.1 Å². The molecular weight excluding hydrogens is 267 g/mol. The normalized spacial score (nSPS) is 13.2. The highest BCUT2D eigenvalue weighted by Gasteiger charge is 2.25. The molecule has 0 saturated heterocycles. The van der Waals surface area contributed by atoms with Crippen LogP contribution in [0.4, 0.5) is 4.39 Å². The SMILES string of the molecule is N#CN1Cc2nc(Cl)nc(-c3ccccc3F)c2C1. The Morgan fingerprint density at radius 1 is 1.26 bits per heavy atom. The van der Waals surface area contributed by atoms with Crippen molar-refractivity contribution in [3.63, 3.8) is 0 Å². The Balaban J connectivity index is 2.20. The Kier molecular flexibility index (Phi) is 2.80. The minimum atomic E-state index is -0.366. The van der Waals surface area contributed by atoms with Gasteiger partial charge in [-0.15, -0.1) is 0 Å². The number of hydrogen-bond acceptors (Lipinski definition) is 4. The third-order valence-electron chi connectivity index (χ3n) is 3.03. The Morgan fingerprint density at radius 3 is 2.79 bits per heavy atom. The molecule has 1 aromatic heterocycles. The van der Waals surface area contributed by atoms with Gasteiger partial charge in [0.05, 0.1) is 24.5 Å². The fraction of sp³-hybridized carbons (Fsp3) is 0.154. The Hall–Kier alpha value is -2.19. The molecule has 2 aromatic rings. The molecule has 19 heavy (non-hydrogen) atoms. The molecule has 0 aliphatic carbocycles. The highest BCUT2D eigenvalue weighted by molar-refractivity contribution is 6.28. The molecule has 94 valence electrons. The summed E-state index contributed by atoms with van der Waals surface area (Å²) in [4.78, 5) is 9.76. The number of nitrogens with zero attached hydrogens (tertiary/aromatic N) is 4. The molecule has 4 nitrogen and oxygen atoms in total. The van der Waals surface area contributed by atoms with E-state index < -0.39 is 0 Å². The molecule has 0 atom stereocenters. The molecular formula is C13H8ClFN4. The largest absolute Gasteiger partial charge is 0.300 e. The lowest BCUT2D eigenvalue weighted by Gasteiger charge is -2.08. The third kappa shape index (κ3) is 2.00. The summed E-state index contributed by atoms with van der Waals surface area (Å²) in [6, 6.07) is 6.36. The van der Waals surface area contributed by atoms with Crippen molar-refractivity contribution in [3.05, 3.63) is 46.6 Å². The maximum Gasteiger partial charge on any atom is 0.223 e. The van der Waals surface area contributed by atoms with Crippen LogP contribution >= 0.6 is 11.6 Å². The van der Waals surface area contributed by atoms with Crippen LogP contribution in [0.3, 0.4) is 0 Å². The average molecular weight is 275 g/mol. The second-order valence-electron chi connectivity index (χ2n) is 4.20. The van der Waals surface area contributed by atoms with E-state index in [1.54, 1.807) is 18.2 Å². The molecule has 0 spiro atoms. The van der Waals surface area contributed by atoms with Gasteiger partial charge in [0.15, 0.2) is 6.19 Å². The zero-order valence-corrected chi connectivity index (χ0v) is 10.5. The first-order valence-corrected chi connectivity index (χ1v) is 6.01. The van der Waals surface area contributed by atoms with Gasteiger partial charge >= 0.3 is 0 Å². The van der Waals surface area contributed by atoms with Crippen LogP contribution in [0.1, 0.15) is 11.3 Å². The first-order valence-electron chi connectivity index (χ1n) is 5.64. The fourth-order valence-electron chi connectivity index (χ4n) is 2.17. The van der Waals surface area contributed by atoms with Crippen molar-refractivity contribution in [1.29, 1.82) is 5.26 Å². The van der Waals surface area contributed by atoms with Gasteiger partial charge in [-0.3, -0.25) is 0 Å². The molecule has 0 radical (unpaired) electrons. The predicted octanol–water partition coefficient (Wildman–Crippen LogP) is 2.73. The van der Waals surface area contributed by atoms with Crippen LogP contribution in [0.25, 0.3) is 11.3 Å². The molecule has 1 aromatic carbocycles. The van der Waals surface area contributed by atoms with Crippen molar-refractivity contribution in [2.45, 2.75) is 13.1 Å². The molecule has 1 aliphatic heterocycles. The number of halogens is 2. The average Bonchev–Trinajstić information content (AvgIpc) is 2.81. The standard InChI is InChI=1S/C13H8ClFN4/c14-13-17-11-6-19(7-16)5-9(11)12(18-13)8-3-1-2-4-10(8)15/h1-4H,5-6H2. The van der Waals surface area contributed by atoms with E-state index >= 15 is 0 Å². The molecule has 6 heteroatoms. The molecule has 0 amide bonds. The quantitative estimate of drug-likeness (QED) is 0.593.